The lowest BCUT2D eigenvalue weighted by Crippen LogP contribution is -2.41. The van der Waals surface area contributed by atoms with E-state index >= 15 is 0 Å². The van der Waals surface area contributed by atoms with Crippen molar-refractivity contribution in [3.63, 3.8) is 0 Å². The molecule has 3 aromatic carbocycles. The molecule has 5 aromatic rings. The molecule has 2 amide bonds. The molecule has 0 atom stereocenters. The summed E-state index contributed by atoms with van der Waals surface area (Å²) in [5.41, 5.74) is 0.563. The highest BCUT2D eigenvalue weighted by molar-refractivity contribution is 9.52. The molecule has 4 heterocycles. The van der Waals surface area contributed by atoms with Crippen LogP contribution in [-0.4, -0.2) is 76.7 Å². The minimum Gasteiger partial charge on any atom is -0.444 e. The van der Waals surface area contributed by atoms with Crippen molar-refractivity contribution >= 4 is 167 Å². The zero-order valence-corrected chi connectivity index (χ0v) is 49.7. The number of carbonyl (C=O) groups is 3. The maximum atomic E-state index is 12.1. The standard InChI is InChI=1S/C18H15P.C15H20Br2N2O2S.C14H20N2O3S.CBr4/c1-4-10-16(11-5-1)19(17-12-6-2-7-13-17)18-14-8-3-9-15-18;1-15(2,3)21-14(20)19-6-4-10(5-7-19)13-18-11(9-22-13)8-12(16)17;1-14(2,3)19-13(18)16-6-4-10(5-7-16)12-15-11(8-17)9-20-12;2-1(3,4)5/h1-15H;8-10H,4-7H2,1-3H3;8-10H,4-7H2,1-3H3;. The fraction of sp³-hybridized carbons (Fsp3) is 0.396. The topological polar surface area (TPSA) is 102 Å². The third-order valence-electron chi connectivity index (χ3n) is 9.49. The van der Waals surface area contributed by atoms with E-state index in [-0.39, 0.29) is 13.2 Å². The molecule has 0 aliphatic carbocycles. The number of likely N-dealkylation sites (tertiary alicyclic amines) is 2. The van der Waals surface area contributed by atoms with Gasteiger partial charge in [-0.3, -0.25) is 4.79 Å². The Morgan fingerprint density at radius 2 is 0.924 bits per heavy atom. The maximum Gasteiger partial charge on any atom is 0.410 e. The molecule has 0 spiro atoms. The molecule has 18 heteroatoms. The number of aromatic nitrogens is 2. The second kappa shape index (κ2) is 27.5. The Labute approximate surface area is 449 Å². The lowest BCUT2D eigenvalue weighted by Gasteiger charge is -2.32. The predicted molar refractivity (Wildman–Crippen MR) is 299 cm³/mol. The summed E-state index contributed by atoms with van der Waals surface area (Å²) < 4.78 is 11.4. The summed E-state index contributed by atoms with van der Waals surface area (Å²) in [6.45, 7) is 14.1. The number of piperidine rings is 2. The number of halogens is 6. The molecular weight excluding hydrogens is 1290 g/mol. The fourth-order valence-electron chi connectivity index (χ4n) is 6.66. The van der Waals surface area contributed by atoms with Crippen LogP contribution in [0.4, 0.5) is 9.59 Å². The van der Waals surface area contributed by atoms with E-state index < -0.39 is 19.1 Å². The first-order valence-electron chi connectivity index (χ1n) is 21.1. The first-order valence-corrected chi connectivity index (χ1v) is 29.0. The number of nitrogens with zero attached hydrogens (tertiary/aromatic N) is 4. The van der Waals surface area contributed by atoms with Crippen LogP contribution in [0.5, 0.6) is 0 Å². The SMILES string of the molecule is BrC(Br)(Br)Br.CC(C)(C)OC(=O)N1CCC(c2nc(C=C(Br)Br)cs2)CC1.CC(C)(C)OC(=O)N1CCC(c2nc(C=O)cs2)CC1.c1ccc(P(c2ccccc2)c2ccccc2)cc1. The highest BCUT2D eigenvalue weighted by Crippen LogP contribution is 2.39. The number of alkyl halides is 4. The van der Waals surface area contributed by atoms with Crippen molar-refractivity contribution in [2.24, 2.45) is 0 Å². The number of rotatable bonds is 7. The van der Waals surface area contributed by atoms with Gasteiger partial charge in [0.25, 0.3) is 0 Å². The average molecular weight is 1340 g/mol. The minimum absolute atomic E-state index is 0.211. The molecule has 2 fully saturated rings. The van der Waals surface area contributed by atoms with E-state index in [9.17, 15) is 14.4 Å². The van der Waals surface area contributed by atoms with E-state index in [2.05, 4.69) is 202 Å². The number of benzene rings is 3. The summed E-state index contributed by atoms with van der Waals surface area (Å²) in [7, 11) is -0.446. The van der Waals surface area contributed by atoms with Crippen molar-refractivity contribution in [3.05, 3.63) is 127 Å². The Balaban J connectivity index is 0.000000206. The van der Waals surface area contributed by atoms with Crippen molar-refractivity contribution < 1.29 is 23.9 Å². The summed E-state index contributed by atoms with van der Waals surface area (Å²) in [5, 5.41) is 10.2. The van der Waals surface area contributed by atoms with Gasteiger partial charge in [0.2, 0.25) is 0 Å². The van der Waals surface area contributed by atoms with E-state index in [4.69, 9.17) is 9.47 Å². The molecule has 7 rings (SSSR count). The highest BCUT2D eigenvalue weighted by atomic mass is 80.0. The molecule has 0 bridgehead atoms. The third-order valence-corrected chi connectivity index (χ3v) is 14.4. The molecule has 356 valence electrons. The summed E-state index contributed by atoms with van der Waals surface area (Å²) in [4.78, 5) is 47.1. The zero-order chi connectivity index (χ0) is 48.5. The third kappa shape index (κ3) is 21.4. The van der Waals surface area contributed by atoms with Crippen LogP contribution < -0.4 is 15.9 Å². The molecular formula is C48H55Br6N4O5PS2. The van der Waals surface area contributed by atoms with E-state index in [1.807, 2.05) is 47.6 Å². The van der Waals surface area contributed by atoms with Crippen molar-refractivity contribution in [1.82, 2.24) is 19.8 Å². The van der Waals surface area contributed by atoms with Crippen LogP contribution in [0.1, 0.15) is 105 Å². The first-order chi connectivity index (χ1) is 31.1. The second-order valence-electron chi connectivity index (χ2n) is 17.0. The number of ether oxygens (including phenoxy) is 2. The van der Waals surface area contributed by atoms with Crippen LogP contribution in [0.15, 0.2) is 105 Å². The van der Waals surface area contributed by atoms with Gasteiger partial charge in [-0.2, -0.15) is 0 Å². The summed E-state index contributed by atoms with van der Waals surface area (Å²) in [6.07, 6.45) is 5.86. The molecule has 0 N–H and O–H groups in total. The van der Waals surface area contributed by atoms with E-state index in [1.54, 1.807) is 26.5 Å². The Kier molecular flexibility index (Phi) is 23.7. The van der Waals surface area contributed by atoms with Gasteiger partial charge in [0, 0.05) is 48.8 Å². The van der Waals surface area contributed by atoms with Gasteiger partial charge in [0.1, 0.15) is 16.9 Å². The number of carbonyl (C=O) groups excluding carboxylic acids is 3. The van der Waals surface area contributed by atoms with Gasteiger partial charge in [0.15, 0.2) is 7.34 Å². The van der Waals surface area contributed by atoms with Crippen LogP contribution >= 0.6 is 126 Å². The van der Waals surface area contributed by atoms with Gasteiger partial charge in [-0.05, 0) is 193 Å². The number of hydrogen-bond acceptors (Lipinski definition) is 9. The number of amides is 2. The number of aldehydes is 1. The van der Waals surface area contributed by atoms with Gasteiger partial charge in [-0.15, -0.1) is 22.7 Å². The summed E-state index contributed by atoms with van der Waals surface area (Å²) >= 11 is 22.4. The normalized spacial score (nSPS) is 14.6. The molecule has 2 aromatic heterocycles. The van der Waals surface area contributed by atoms with Crippen LogP contribution in [0.2, 0.25) is 0 Å². The van der Waals surface area contributed by atoms with Gasteiger partial charge in [-0.25, -0.2) is 19.6 Å². The van der Waals surface area contributed by atoms with Crippen LogP contribution in [-0.2, 0) is 9.47 Å². The molecule has 66 heavy (non-hydrogen) atoms. The predicted octanol–water partition coefficient (Wildman–Crippen LogP) is 15.0. The van der Waals surface area contributed by atoms with Crippen molar-refractivity contribution in [3.8, 4) is 0 Å². The van der Waals surface area contributed by atoms with Crippen LogP contribution in [0.3, 0.4) is 0 Å². The summed E-state index contributed by atoms with van der Waals surface area (Å²) in [5.74, 6) is 0.771. The first kappa shape index (κ1) is 56.8. The van der Waals surface area contributed by atoms with E-state index in [1.165, 1.54) is 27.3 Å². The van der Waals surface area contributed by atoms with E-state index in [0.717, 1.165) is 64.2 Å². The quantitative estimate of drug-likeness (QED) is 0.0909. The molecule has 0 unspecified atom stereocenters. The van der Waals surface area contributed by atoms with Gasteiger partial charge < -0.3 is 19.3 Å². The Morgan fingerprint density at radius 3 is 1.21 bits per heavy atom. The molecule has 2 aliphatic heterocycles. The smallest absolute Gasteiger partial charge is 0.410 e. The molecule has 2 aliphatic rings. The minimum atomic E-state index is -0.456. The summed E-state index contributed by atoms with van der Waals surface area (Å²) in [6, 6.07) is 32.3. The maximum absolute atomic E-state index is 12.1. The van der Waals surface area contributed by atoms with Crippen molar-refractivity contribution in [2.75, 3.05) is 26.2 Å². The van der Waals surface area contributed by atoms with E-state index in [0.29, 0.717) is 30.6 Å². The molecule has 2 saturated heterocycles. The van der Waals surface area contributed by atoms with Gasteiger partial charge in [-0.1, -0.05) is 91.0 Å². The zero-order valence-electron chi connectivity index (χ0n) is 37.6. The van der Waals surface area contributed by atoms with Crippen LogP contribution in [0.25, 0.3) is 6.08 Å². The largest absolute Gasteiger partial charge is 0.444 e. The monoisotopic (exact) mass is 1340 g/mol. The lowest BCUT2D eigenvalue weighted by atomic mass is 9.98. The van der Waals surface area contributed by atoms with Crippen LogP contribution in [0, 0.1) is 0 Å². The Hall–Kier alpha value is -1.82. The highest BCUT2D eigenvalue weighted by Gasteiger charge is 2.30. The fourth-order valence-corrected chi connectivity index (χ4v) is 11.3. The van der Waals surface area contributed by atoms with Crippen molar-refractivity contribution in [1.29, 1.82) is 0 Å². The Morgan fingerprint density at radius 1 is 0.606 bits per heavy atom. The average Bonchev–Trinajstić information content (AvgIpc) is 3.94. The second-order valence-corrected chi connectivity index (χ2v) is 34.9. The molecule has 0 saturated carbocycles. The molecule has 9 nitrogen and oxygen atoms in total. The number of thiazole rings is 2. The lowest BCUT2D eigenvalue weighted by molar-refractivity contribution is 0.0194. The van der Waals surface area contributed by atoms with Gasteiger partial charge in [0.05, 0.1) is 19.1 Å². The Bertz CT molecular complexity index is 2170. The van der Waals surface area contributed by atoms with Gasteiger partial charge >= 0.3 is 12.2 Å². The molecule has 0 radical (unpaired) electrons. The number of hydrogen-bond donors (Lipinski definition) is 0. The van der Waals surface area contributed by atoms with Crippen molar-refractivity contribution in [2.45, 2.75) is 91.3 Å².